The van der Waals surface area contributed by atoms with Crippen LogP contribution in [0.25, 0.3) is 0 Å². The molecule has 62 valence electrons. The number of aldehydes is 1. The molecule has 0 aliphatic rings. The number of carbonyl (C=O) groups excluding carboxylic acids is 2. The molecular weight excluding hydrogens is 154 g/mol. The van der Waals surface area contributed by atoms with E-state index in [1.807, 2.05) is 0 Å². The molecule has 3 nitrogen and oxygen atoms in total. The van der Waals surface area contributed by atoms with Gasteiger partial charge in [0.2, 0.25) is 0 Å². The average molecular weight is 163 g/mol. The zero-order chi connectivity index (χ0) is 8.97. The Bertz CT molecular complexity index is 307. The maximum Gasteiger partial charge on any atom is 0.168 e. The van der Waals surface area contributed by atoms with Crippen molar-refractivity contribution in [3.05, 3.63) is 29.6 Å². The van der Waals surface area contributed by atoms with E-state index in [2.05, 4.69) is 4.98 Å². The molecule has 0 radical (unpaired) electrons. The van der Waals surface area contributed by atoms with Crippen LogP contribution in [0.1, 0.15) is 23.0 Å². The highest BCUT2D eigenvalue weighted by Gasteiger charge is 1.98. The average Bonchev–Trinajstić information content (AvgIpc) is 2.03. The third-order valence-electron chi connectivity index (χ3n) is 1.42. The number of rotatable bonds is 3. The van der Waals surface area contributed by atoms with E-state index in [1.54, 1.807) is 12.1 Å². The number of carbonyl (C=O) groups is 2. The number of aromatic nitrogens is 1. The van der Waals surface area contributed by atoms with Gasteiger partial charge in [-0.25, -0.2) is 0 Å². The van der Waals surface area contributed by atoms with E-state index in [1.165, 1.54) is 13.1 Å². The van der Waals surface area contributed by atoms with Crippen molar-refractivity contribution in [2.75, 3.05) is 0 Å². The van der Waals surface area contributed by atoms with Crippen LogP contribution in [0.5, 0.6) is 0 Å². The number of hydrogen-bond donors (Lipinski definition) is 0. The Kier molecular flexibility index (Phi) is 2.69. The maximum absolute atomic E-state index is 10.7. The first-order valence-electron chi connectivity index (χ1n) is 3.62. The quantitative estimate of drug-likeness (QED) is 0.625. The molecule has 0 aliphatic heterocycles. The van der Waals surface area contributed by atoms with Gasteiger partial charge < -0.3 is 0 Å². The Morgan fingerprint density at radius 1 is 1.67 bits per heavy atom. The minimum atomic E-state index is 0.0815. The second-order valence-electron chi connectivity index (χ2n) is 2.59. The van der Waals surface area contributed by atoms with Gasteiger partial charge in [-0.2, -0.15) is 0 Å². The molecule has 0 atom stereocenters. The summed E-state index contributed by atoms with van der Waals surface area (Å²) in [4.78, 5) is 24.8. The van der Waals surface area contributed by atoms with Crippen LogP contribution < -0.4 is 0 Å². The molecule has 0 aliphatic carbocycles. The van der Waals surface area contributed by atoms with Gasteiger partial charge in [-0.1, -0.05) is 0 Å². The SMILES string of the molecule is CC(=O)Cc1ccnc(C=O)c1. The lowest BCUT2D eigenvalue weighted by Gasteiger charge is -1.96. The van der Waals surface area contributed by atoms with Crippen LogP contribution in [0, 0.1) is 0 Å². The minimum Gasteiger partial charge on any atom is -0.300 e. The lowest BCUT2D eigenvalue weighted by molar-refractivity contribution is -0.116. The zero-order valence-electron chi connectivity index (χ0n) is 6.78. The topological polar surface area (TPSA) is 47.0 Å². The molecule has 0 saturated heterocycles. The maximum atomic E-state index is 10.7. The molecule has 1 aromatic heterocycles. The van der Waals surface area contributed by atoms with Crippen molar-refractivity contribution in [3.8, 4) is 0 Å². The summed E-state index contributed by atoms with van der Waals surface area (Å²) in [5.74, 6) is 0.0815. The molecule has 0 bridgehead atoms. The Morgan fingerprint density at radius 2 is 2.42 bits per heavy atom. The number of pyridine rings is 1. The van der Waals surface area contributed by atoms with E-state index in [-0.39, 0.29) is 5.78 Å². The van der Waals surface area contributed by atoms with Gasteiger partial charge in [0.25, 0.3) is 0 Å². The van der Waals surface area contributed by atoms with Crippen molar-refractivity contribution < 1.29 is 9.59 Å². The highest BCUT2D eigenvalue weighted by atomic mass is 16.1. The van der Waals surface area contributed by atoms with Gasteiger partial charge in [-0.15, -0.1) is 0 Å². The first-order chi connectivity index (χ1) is 5.72. The predicted octanol–water partition coefficient (Wildman–Crippen LogP) is 1.03. The molecule has 0 spiro atoms. The normalized spacial score (nSPS) is 9.42. The Morgan fingerprint density at radius 3 is 3.00 bits per heavy atom. The van der Waals surface area contributed by atoms with E-state index < -0.39 is 0 Å². The van der Waals surface area contributed by atoms with Gasteiger partial charge in [-0.05, 0) is 24.6 Å². The van der Waals surface area contributed by atoms with Crippen molar-refractivity contribution in [1.29, 1.82) is 0 Å². The fraction of sp³-hybridized carbons (Fsp3) is 0.222. The highest BCUT2D eigenvalue weighted by Crippen LogP contribution is 2.01. The Labute approximate surface area is 70.4 Å². The first-order valence-corrected chi connectivity index (χ1v) is 3.62. The van der Waals surface area contributed by atoms with E-state index >= 15 is 0 Å². The van der Waals surface area contributed by atoms with Crippen LogP contribution in [-0.4, -0.2) is 17.1 Å². The van der Waals surface area contributed by atoms with E-state index in [0.29, 0.717) is 18.4 Å². The summed E-state index contributed by atoms with van der Waals surface area (Å²) in [7, 11) is 0. The molecule has 3 heteroatoms. The van der Waals surface area contributed by atoms with Gasteiger partial charge in [0, 0.05) is 12.6 Å². The summed E-state index contributed by atoms with van der Waals surface area (Å²) in [5.41, 5.74) is 1.20. The summed E-state index contributed by atoms with van der Waals surface area (Å²) in [6, 6.07) is 3.35. The van der Waals surface area contributed by atoms with Crippen molar-refractivity contribution >= 4 is 12.1 Å². The van der Waals surface area contributed by atoms with Crippen LogP contribution >= 0.6 is 0 Å². The van der Waals surface area contributed by atoms with E-state index in [4.69, 9.17) is 0 Å². The second kappa shape index (κ2) is 3.76. The highest BCUT2D eigenvalue weighted by molar-refractivity contribution is 5.79. The molecule has 0 unspecified atom stereocenters. The predicted molar refractivity (Wildman–Crippen MR) is 44.0 cm³/mol. The van der Waals surface area contributed by atoms with Crippen LogP contribution in [0.2, 0.25) is 0 Å². The Balaban J connectivity index is 2.86. The number of ketones is 1. The standard InChI is InChI=1S/C9H9NO2/c1-7(12)4-8-2-3-10-9(5-8)6-11/h2-3,5-6H,4H2,1H3. The molecule has 0 amide bonds. The van der Waals surface area contributed by atoms with Crippen molar-refractivity contribution in [2.24, 2.45) is 0 Å². The molecule has 1 rings (SSSR count). The fourth-order valence-electron chi connectivity index (χ4n) is 0.956. The van der Waals surface area contributed by atoms with Gasteiger partial charge in [0.05, 0.1) is 0 Å². The fourth-order valence-corrected chi connectivity index (χ4v) is 0.956. The molecule has 0 fully saturated rings. The van der Waals surface area contributed by atoms with Crippen LogP contribution in [0.15, 0.2) is 18.3 Å². The third-order valence-corrected chi connectivity index (χ3v) is 1.42. The molecule has 0 saturated carbocycles. The second-order valence-corrected chi connectivity index (χ2v) is 2.59. The summed E-state index contributed by atoms with van der Waals surface area (Å²) in [6.45, 7) is 1.51. The van der Waals surface area contributed by atoms with Crippen LogP contribution in [0.3, 0.4) is 0 Å². The van der Waals surface area contributed by atoms with Crippen LogP contribution in [-0.2, 0) is 11.2 Å². The van der Waals surface area contributed by atoms with Gasteiger partial charge in [-0.3, -0.25) is 14.6 Å². The molecule has 1 aromatic rings. The van der Waals surface area contributed by atoms with Gasteiger partial charge in [0.15, 0.2) is 6.29 Å². The molecule has 1 heterocycles. The summed E-state index contributed by atoms with van der Waals surface area (Å²) in [6.07, 6.45) is 2.56. The molecule has 12 heavy (non-hydrogen) atoms. The summed E-state index contributed by atoms with van der Waals surface area (Å²) >= 11 is 0. The minimum absolute atomic E-state index is 0.0815. The van der Waals surface area contributed by atoms with E-state index in [9.17, 15) is 9.59 Å². The number of hydrogen-bond acceptors (Lipinski definition) is 3. The van der Waals surface area contributed by atoms with Gasteiger partial charge in [0.1, 0.15) is 11.5 Å². The van der Waals surface area contributed by atoms with Gasteiger partial charge >= 0.3 is 0 Å². The Hall–Kier alpha value is -1.51. The van der Waals surface area contributed by atoms with E-state index in [0.717, 1.165) is 5.56 Å². The summed E-state index contributed by atoms with van der Waals surface area (Å²) < 4.78 is 0. The summed E-state index contributed by atoms with van der Waals surface area (Å²) in [5, 5.41) is 0. The van der Waals surface area contributed by atoms with Crippen LogP contribution in [0.4, 0.5) is 0 Å². The lowest BCUT2D eigenvalue weighted by Crippen LogP contribution is -1.97. The number of Topliss-reactive ketones (excluding diaryl/α,β-unsaturated/α-hetero) is 1. The van der Waals surface area contributed by atoms with Crippen molar-refractivity contribution in [2.45, 2.75) is 13.3 Å². The molecule has 0 N–H and O–H groups in total. The smallest absolute Gasteiger partial charge is 0.168 e. The monoisotopic (exact) mass is 163 g/mol. The zero-order valence-corrected chi connectivity index (χ0v) is 6.78. The number of nitrogens with zero attached hydrogens (tertiary/aromatic N) is 1. The molecule has 0 aromatic carbocycles. The first kappa shape index (κ1) is 8.59. The molecular formula is C9H9NO2. The lowest BCUT2D eigenvalue weighted by atomic mass is 10.1. The third kappa shape index (κ3) is 2.27. The van der Waals surface area contributed by atoms with Crippen molar-refractivity contribution in [1.82, 2.24) is 4.98 Å². The van der Waals surface area contributed by atoms with Crippen molar-refractivity contribution in [3.63, 3.8) is 0 Å². The largest absolute Gasteiger partial charge is 0.300 e.